The summed E-state index contributed by atoms with van der Waals surface area (Å²) in [5.41, 5.74) is 7.60. The molecule has 3 heterocycles. The van der Waals surface area contributed by atoms with Gasteiger partial charge in [0.15, 0.2) is 0 Å². The van der Waals surface area contributed by atoms with Crippen molar-refractivity contribution in [3.63, 3.8) is 0 Å². The van der Waals surface area contributed by atoms with Gasteiger partial charge in [-0.25, -0.2) is 0 Å². The van der Waals surface area contributed by atoms with Crippen molar-refractivity contribution in [1.29, 1.82) is 0 Å². The van der Waals surface area contributed by atoms with E-state index in [2.05, 4.69) is 34.7 Å². The van der Waals surface area contributed by atoms with E-state index in [1.54, 1.807) is 0 Å². The van der Waals surface area contributed by atoms with E-state index in [0.29, 0.717) is 12.1 Å². The zero-order valence-electron chi connectivity index (χ0n) is 13.3. The fourth-order valence-electron chi connectivity index (χ4n) is 4.11. The molecule has 0 saturated carbocycles. The molecule has 21 heavy (non-hydrogen) atoms. The van der Waals surface area contributed by atoms with Gasteiger partial charge in [0.1, 0.15) is 0 Å². The zero-order valence-corrected chi connectivity index (χ0v) is 13.3. The molecule has 1 aromatic rings. The first-order valence-corrected chi connectivity index (χ1v) is 8.32. The highest BCUT2D eigenvalue weighted by molar-refractivity contribution is 5.17. The minimum absolute atomic E-state index is 0.117. The molecule has 0 spiro atoms. The summed E-state index contributed by atoms with van der Waals surface area (Å²) in [4.78, 5) is 9.60. The van der Waals surface area contributed by atoms with Crippen molar-refractivity contribution in [1.82, 2.24) is 14.8 Å². The first-order valence-electron chi connectivity index (χ1n) is 8.32. The summed E-state index contributed by atoms with van der Waals surface area (Å²) in [6.07, 6.45) is 7.89. The second-order valence-electron chi connectivity index (χ2n) is 6.78. The molecule has 2 N–H and O–H groups in total. The Bertz CT molecular complexity index is 447. The van der Waals surface area contributed by atoms with Gasteiger partial charge in [-0.2, -0.15) is 0 Å². The normalized spacial score (nSPS) is 30.6. The fraction of sp³-hybridized carbons (Fsp3) is 0.706. The van der Waals surface area contributed by atoms with Gasteiger partial charge in [0.25, 0.3) is 0 Å². The average molecular weight is 288 g/mol. The Morgan fingerprint density at radius 1 is 1.33 bits per heavy atom. The van der Waals surface area contributed by atoms with Crippen LogP contribution in [0.2, 0.25) is 0 Å². The Kier molecular flexibility index (Phi) is 4.57. The van der Waals surface area contributed by atoms with Crippen LogP contribution < -0.4 is 5.73 Å². The van der Waals surface area contributed by atoms with Crippen LogP contribution in [0.1, 0.15) is 44.7 Å². The number of nitrogens with two attached hydrogens (primary N) is 1. The number of fused-ring (bicyclic) bond motifs is 1. The molecule has 0 radical (unpaired) electrons. The third-order valence-electron chi connectivity index (χ3n) is 5.12. The van der Waals surface area contributed by atoms with Crippen LogP contribution in [0, 0.1) is 0 Å². The van der Waals surface area contributed by atoms with Gasteiger partial charge in [-0.3, -0.25) is 14.8 Å². The molecule has 4 heteroatoms. The van der Waals surface area contributed by atoms with Crippen molar-refractivity contribution in [3.8, 4) is 0 Å². The van der Waals surface area contributed by atoms with Crippen molar-refractivity contribution in [2.75, 3.05) is 19.6 Å². The molecule has 1 aromatic heterocycles. The third kappa shape index (κ3) is 3.12. The minimum atomic E-state index is 0.117. The SMILES string of the molecule is CC(N)C(c1cccnc1)N1CC2CCCCN2CC1C. The van der Waals surface area contributed by atoms with Crippen molar-refractivity contribution >= 4 is 0 Å². The molecular weight excluding hydrogens is 260 g/mol. The zero-order chi connectivity index (χ0) is 14.8. The molecular formula is C17H28N4. The predicted octanol–water partition coefficient (Wildman–Crippen LogP) is 2.03. The molecule has 2 aliphatic rings. The lowest BCUT2D eigenvalue weighted by Crippen LogP contribution is -2.60. The van der Waals surface area contributed by atoms with Gasteiger partial charge < -0.3 is 5.73 Å². The quantitative estimate of drug-likeness (QED) is 0.924. The first kappa shape index (κ1) is 14.9. The molecule has 3 rings (SSSR count). The lowest BCUT2D eigenvalue weighted by atomic mass is 9.92. The van der Waals surface area contributed by atoms with Crippen LogP contribution in [-0.4, -0.2) is 52.5 Å². The Balaban J connectivity index is 1.82. The summed E-state index contributed by atoms with van der Waals surface area (Å²) in [6, 6.07) is 5.85. The Hall–Kier alpha value is -0.970. The molecule has 2 aliphatic heterocycles. The number of hydrogen-bond donors (Lipinski definition) is 1. The Morgan fingerprint density at radius 3 is 2.90 bits per heavy atom. The molecule has 4 nitrogen and oxygen atoms in total. The van der Waals surface area contributed by atoms with Crippen LogP contribution >= 0.6 is 0 Å². The van der Waals surface area contributed by atoms with E-state index in [9.17, 15) is 0 Å². The van der Waals surface area contributed by atoms with Crippen LogP contribution in [0.15, 0.2) is 24.5 Å². The maximum absolute atomic E-state index is 6.35. The van der Waals surface area contributed by atoms with E-state index in [1.807, 2.05) is 18.5 Å². The predicted molar refractivity (Wildman–Crippen MR) is 86.0 cm³/mol. The van der Waals surface area contributed by atoms with E-state index in [0.717, 1.165) is 6.54 Å². The van der Waals surface area contributed by atoms with Gasteiger partial charge in [-0.15, -0.1) is 0 Å². The molecule has 0 aromatic carbocycles. The van der Waals surface area contributed by atoms with Crippen molar-refractivity contribution < 1.29 is 0 Å². The summed E-state index contributed by atoms with van der Waals surface area (Å²) in [7, 11) is 0. The summed E-state index contributed by atoms with van der Waals surface area (Å²) in [5.74, 6) is 0. The molecule has 2 fully saturated rings. The minimum Gasteiger partial charge on any atom is -0.326 e. The highest BCUT2D eigenvalue weighted by atomic mass is 15.3. The molecule has 116 valence electrons. The first-order chi connectivity index (χ1) is 10.2. The number of pyridine rings is 1. The molecule has 4 unspecified atom stereocenters. The van der Waals surface area contributed by atoms with Crippen LogP contribution in [-0.2, 0) is 0 Å². The van der Waals surface area contributed by atoms with Gasteiger partial charge in [0.05, 0.1) is 6.04 Å². The standard InChI is InChI=1S/C17H28N4/c1-13-11-20-9-4-3-7-16(20)12-21(13)17(14(2)18)15-6-5-8-19-10-15/h5-6,8,10,13-14,16-17H,3-4,7,9,11-12,18H2,1-2H3. The van der Waals surface area contributed by atoms with Gasteiger partial charge in [0.2, 0.25) is 0 Å². The van der Waals surface area contributed by atoms with E-state index < -0.39 is 0 Å². The fourth-order valence-corrected chi connectivity index (χ4v) is 4.11. The van der Waals surface area contributed by atoms with Gasteiger partial charge in [0, 0.05) is 43.6 Å². The topological polar surface area (TPSA) is 45.4 Å². The average Bonchev–Trinajstić information content (AvgIpc) is 2.49. The number of piperazine rings is 1. The summed E-state index contributed by atoms with van der Waals surface area (Å²) < 4.78 is 0. The van der Waals surface area contributed by atoms with Crippen LogP contribution in [0.5, 0.6) is 0 Å². The van der Waals surface area contributed by atoms with E-state index >= 15 is 0 Å². The van der Waals surface area contributed by atoms with Crippen LogP contribution in [0.3, 0.4) is 0 Å². The Labute approximate surface area is 128 Å². The number of nitrogens with zero attached hydrogens (tertiary/aromatic N) is 3. The largest absolute Gasteiger partial charge is 0.326 e. The maximum Gasteiger partial charge on any atom is 0.0515 e. The summed E-state index contributed by atoms with van der Waals surface area (Å²) >= 11 is 0. The highest BCUT2D eigenvalue weighted by Crippen LogP contribution is 2.31. The van der Waals surface area contributed by atoms with E-state index in [4.69, 9.17) is 5.73 Å². The van der Waals surface area contributed by atoms with Gasteiger partial charge in [-0.05, 0) is 44.9 Å². The van der Waals surface area contributed by atoms with E-state index in [-0.39, 0.29) is 12.1 Å². The smallest absolute Gasteiger partial charge is 0.0515 e. The number of hydrogen-bond acceptors (Lipinski definition) is 4. The van der Waals surface area contributed by atoms with Crippen molar-refractivity contribution in [2.45, 2.75) is 57.3 Å². The summed E-state index contributed by atoms with van der Waals surface area (Å²) in [5, 5.41) is 0. The van der Waals surface area contributed by atoms with Crippen LogP contribution in [0.25, 0.3) is 0 Å². The van der Waals surface area contributed by atoms with Crippen molar-refractivity contribution in [2.24, 2.45) is 5.73 Å². The Morgan fingerprint density at radius 2 is 2.19 bits per heavy atom. The molecule has 0 amide bonds. The highest BCUT2D eigenvalue weighted by Gasteiger charge is 2.37. The second kappa shape index (κ2) is 6.42. The lowest BCUT2D eigenvalue weighted by molar-refractivity contribution is -0.0132. The van der Waals surface area contributed by atoms with Crippen molar-refractivity contribution in [3.05, 3.63) is 30.1 Å². The molecule has 2 saturated heterocycles. The summed E-state index contributed by atoms with van der Waals surface area (Å²) in [6.45, 7) is 8.06. The molecule has 0 aliphatic carbocycles. The number of piperidine rings is 1. The maximum atomic E-state index is 6.35. The molecule has 4 atom stereocenters. The van der Waals surface area contributed by atoms with E-state index in [1.165, 1.54) is 37.9 Å². The second-order valence-corrected chi connectivity index (χ2v) is 6.78. The monoisotopic (exact) mass is 288 g/mol. The third-order valence-corrected chi connectivity index (χ3v) is 5.12. The number of rotatable bonds is 3. The number of aromatic nitrogens is 1. The lowest BCUT2D eigenvalue weighted by Gasteiger charge is -2.50. The van der Waals surface area contributed by atoms with Gasteiger partial charge >= 0.3 is 0 Å². The van der Waals surface area contributed by atoms with Crippen LogP contribution in [0.4, 0.5) is 0 Å². The molecule has 0 bridgehead atoms. The van der Waals surface area contributed by atoms with Gasteiger partial charge in [-0.1, -0.05) is 12.5 Å².